The maximum atomic E-state index is 12.9. The largest absolute Gasteiger partial charge is 0.370 e. The van der Waals surface area contributed by atoms with Gasteiger partial charge in [-0.3, -0.25) is 0 Å². The van der Waals surface area contributed by atoms with Crippen LogP contribution in [-0.4, -0.2) is 38.9 Å². The molecular weight excluding hydrogens is 332 g/mol. The third-order valence-electron chi connectivity index (χ3n) is 5.03. The standard InChI is InChI=1S/C20H26N2O2S/c1-16-8-10-19(11-9-16)25(23,24)22-13-5-12-21(14-15-22)20-7-4-6-17(2)18(20)3/h4,6-11H,5,12-15H2,1-3H3. The number of rotatable bonds is 3. The molecule has 0 saturated carbocycles. The lowest BCUT2D eigenvalue weighted by Crippen LogP contribution is -2.35. The quantitative estimate of drug-likeness (QED) is 0.843. The van der Waals surface area contributed by atoms with E-state index in [0.29, 0.717) is 18.0 Å². The summed E-state index contributed by atoms with van der Waals surface area (Å²) >= 11 is 0. The van der Waals surface area contributed by atoms with E-state index in [9.17, 15) is 8.42 Å². The number of hydrogen-bond acceptors (Lipinski definition) is 3. The molecule has 0 unspecified atom stereocenters. The van der Waals surface area contributed by atoms with Crippen molar-refractivity contribution in [2.24, 2.45) is 0 Å². The molecule has 2 aromatic rings. The summed E-state index contributed by atoms with van der Waals surface area (Å²) in [5.41, 5.74) is 4.83. The predicted octanol–water partition coefficient (Wildman–Crippen LogP) is 3.51. The molecule has 134 valence electrons. The Labute approximate surface area is 151 Å². The third kappa shape index (κ3) is 3.72. The predicted molar refractivity (Wildman–Crippen MR) is 103 cm³/mol. The van der Waals surface area contributed by atoms with Crippen LogP contribution in [0.25, 0.3) is 0 Å². The van der Waals surface area contributed by atoms with Crippen LogP contribution in [-0.2, 0) is 10.0 Å². The van der Waals surface area contributed by atoms with Gasteiger partial charge in [-0.1, -0.05) is 29.8 Å². The van der Waals surface area contributed by atoms with Gasteiger partial charge in [0.05, 0.1) is 4.90 Å². The Morgan fingerprint density at radius 1 is 0.840 bits per heavy atom. The minimum Gasteiger partial charge on any atom is -0.370 e. The summed E-state index contributed by atoms with van der Waals surface area (Å²) in [5.74, 6) is 0. The molecule has 1 heterocycles. The van der Waals surface area contributed by atoms with Gasteiger partial charge in [0.25, 0.3) is 0 Å². The van der Waals surface area contributed by atoms with Gasteiger partial charge in [0.2, 0.25) is 10.0 Å². The molecule has 1 saturated heterocycles. The SMILES string of the molecule is Cc1ccc(S(=O)(=O)N2CCCN(c3cccc(C)c3C)CC2)cc1. The first-order valence-corrected chi connectivity index (χ1v) is 10.2. The fourth-order valence-corrected chi connectivity index (χ4v) is 4.78. The second kappa shape index (κ2) is 7.18. The van der Waals surface area contributed by atoms with E-state index in [4.69, 9.17) is 0 Å². The van der Waals surface area contributed by atoms with E-state index < -0.39 is 10.0 Å². The van der Waals surface area contributed by atoms with Crippen molar-refractivity contribution in [2.75, 3.05) is 31.1 Å². The van der Waals surface area contributed by atoms with Crippen LogP contribution >= 0.6 is 0 Å². The van der Waals surface area contributed by atoms with Crippen LogP contribution in [0, 0.1) is 20.8 Å². The van der Waals surface area contributed by atoms with E-state index in [1.54, 1.807) is 16.4 Å². The average Bonchev–Trinajstić information content (AvgIpc) is 2.84. The molecule has 0 bridgehead atoms. The Hall–Kier alpha value is -1.85. The summed E-state index contributed by atoms with van der Waals surface area (Å²) in [7, 11) is -3.42. The summed E-state index contributed by atoms with van der Waals surface area (Å²) in [6.45, 7) is 8.90. The summed E-state index contributed by atoms with van der Waals surface area (Å²) in [5, 5.41) is 0. The van der Waals surface area contributed by atoms with E-state index in [1.807, 2.05) is 19.1 Å². The molecule has 2 aromatic carbocycles. The van der Waals surface area contributed by atoms with Gasteiger partial charge in [0.1, 0.15) is 0 Å². The molecule has 1 aliphatic rings. The van der Waals surface area contributed by atoms with E-state index >= 15 is 0 Å². The summed E-state index contributed by atoms with van der Waals surface area (Å²) in [6.07, 6.45) is 0.832. The first-order chi connectivity index (χ1) is 11.9. The van der Waals surface area contributed by atoms with Crippen molar-refractivity contribution in [3.63, 3.8) is 0 Å². The Kier molecular flexibility index (Phi) is 5.16. The fourth-order valence-electron chi connectivity index (χ4n) is 3.31. The summed E-state index contributed by atoms with van der Waals surface area (Å²) < 4.78 is 27.5. The zero-order valence-electron chi connectivity index (χ0n) is 15.2. The molecule has 0 aromatic heterocycles. The molecular formula is C20H26N2O2S. The molecule has 25 heavy (non-hydrogen) atoms. The van der Waals surface area contributed by atoms with Gasteiger partial charge in [0.15, 0.2) is 0 Å². The zero-order valence-corrected chi connectivity index (χ0v) is 16.0. The summed E-state index contributed by atoms with van der Waals surface area (Å²) in [4.78, 5) is 2.70. The van der Waals surface area contributed by atoms with Crippen molar-refractivity contribution < 1.29 is 8.42 Å². The van der Waals surface area contributed by atoms with Crippen molar-refractivity contribution in [2.45, 2.75) is 32.1 Å². The van der Waals surface area contributed by atoms with Crippen LogP contribution in [0.15, 0.2) is 47.4 Å². The zero-order chi connectivity index (χ0) is 18.0. The fraction of sp³-hybridized carbons (Fsp3) is 0.400. The summed E-state index contributed by atoms with van der Waals surface area (Å²) in [6, 6.07) is 13.4. The number of hydrogen-bond donors (Lipinski definition) is 0. The third-order valence-corrected chi connectivity index (χ3v) is 6.94. The molecule has 0 atom stereocenters. The maximum Gasteiger partial charge on any atom is 0.243 e. The lowest BCUT2D eigenvalue weighted by atomic mass is 10.1. The van der Waals surface area contributed by atoms with Crippen LogP contribution in [0.3, 0.4) is 0 Å². The molecule has 0 amide bonds. The second-order valence-corrected chi connectivity index (χ2v) is 8.71. The molecule has 0 N–H and O–H groups in total. The highest BCUT2D eigenvalue weighted by molar-refractivity contribution is 7.89. The Balaban J connectivity index is 1.79. The van der Waals surface area contributed by atoms with Gasteiger partial charge in [-0.2, -0.15) is 4.31 Å². The first kappa shape index (κ1) is 18.0. The molecule has 4 nitrogen and oxygen atoms in total. The highest BCUT2D eigenvalue weighted by atomic mass is 32.2. The number of aryl methyl sites for hydroxylation is 2. The van der Waals surface area contributed by atoms with Gasteiger partial charge in [-0.15, -0.1) is 0 Å². The van der Waals surface area contributed by atoms with Gasteiger partial charge in [-0.05, 0) is 56.5 Å². The number of anilines is 1. The monoisotopic (exact) mass is 358 g/mol. The van der Waals surface area contributed by atoms with Crippen LogP contribution in [0.1, 0.15) is 23.1 Å². The molecule has 0 radical (unpaired) electrons. The molecule has 0 spiro atoms. The average molecular weight is 359 g/mol. The highest BCUT2D eigenvalue weighted by Gasteiger charge is 2.27. The van der Waals surface area contributed by atoms with E-state index in [1.165, 1.54) is 16.8 Å². The topological polar surface area (TPSA) is 40.6 Å². The van der Waals surface area contributed by atoms with Crippen LogP contribution in [0.2, 0.25) is 0 Å². The second-order valence-electron chi connectivity index (χ2n) is 6.78. The van der Waals surface area contributed by atoms with E-state index in [-0.39, 0.29) is 0 Å². The van der Waals surface area contributed by atoms with Crippen molar-refractivity contribution >= 4 is 15.7 Å². The first-order valence-electron chi connectivity index (χ1n) is 8.77. The van der Waals surface area contributed by atoms with Crippen LogP contribution in [0.5, 0.6) is 0 Å². The number of nitrogens with zero attached hydrogens (tertiary/aromatic N) is 2. The van der Waals surface area contributed by atoms with Gasteiger partial charge in [-0.25, -0.2) is 8.42 Å². The van der Waals surface area contributed by atoms with Crippen molar-refractivity contribution in [1.82, 2.24) is 4.31 Å². The number of benzene rings is 2. The molecule has 5 heteroatoms. The van der Waals surface area contributed by atoms with E-state index in [0.717, 1.165) is 25.1 Å². The Morgan fingerprint density at radius 3 is 2.28 bits per heavy atom. The van der Waals surface area contributed by atoms with Crippen LogP contribution in [0.4, 0.5) is 5.69 Å². The van der Waals surface area contributed by atoms with Crippen LogP contribution < -0.4 is 4.90 Å². The molecule has 3 rings (SSSR count). The van der Waals surface area contributed by atoms with Gasteiger partial charge < -0.3 is 4.90 Å². The number of sulfonamides is 1. The van der Waals surface area contributed by atoms with Gasteiger partial charge in [0, 0.05) is 31.9 Å². The van der Waals surface area contributed by atoms with Crippen molar-refractivity contribution in [3.8, 4) is 0 Å². The lowest BCUT2D eigenvalue weighted by molar-refractivity contribution is 0.433. The molecule has 1 fully saturated rings. The van der Waals surface area contributed by atoms with Gasteiger partial charge >= 0.3 is 0 Å². The Bertz CT molecular complexity index is 844. The minimum absolute atomic E-state index is 0.387. The van der Waals surface area contributed by atoms with Crippen molar-refractivity contribution in [1.29, 1.82) is 0 Å². The molecule has 0 aliphatic carbocycles. The normalized spacial score (nSPS) is 16.7. The smallest absolute Gasteiger partial charge is 0.243 e. The van der Waals surface area contributed by atoms with Crippen molar-refractivity contribution in [3.05, 3.63) is 59.2 Å². The van der Waals surface area contributed by atoms with E-state index in [2.05, 4.69) is 36.9 Å². The molecule has 1 aliphatic heterocycles. The highest BCUT2D eigenvalue weighted by Crippen LogP contribution is 2.25. The maximum absolute atomic E-state index is 12.9. The lowest BCUT2D eigenvalue weighted by Gasteiger charge is -2.26. The Morgan fingerprint density at radius 2 is 1.56 bits per heavy atom. The minimum atomic E-state index is -3.42.